The molecule has 0 bridgehead atoms. The number of nitrogens with zero attached hydrogens (tertiary/aromatic N) is 2. The molecule has 24 heavy (non-hydrogen) atoms. The molecular weight excluding hydrogens is 441 g/mol. The van der Waals surface area contributed by atoms with Gasteiger partial charge in [-0.15, -0.1) is 24.0 Å². The van der Waals surface area contributed by atoms with Gasteiger partial charge in [-0.2, -0.15) is 0 Å². The number of halogens is 1. The lowest BCUT2D eigenvalue weighted by Crippen LogP contribution is -2.49. The van der Waals surface area contributed by atoms with E-state index in [0.717, 1.165) is 12.5 Å². The van der Waals surface area contributed by atoms with E-state index in [1.165, 1.54) is 17.4 Å². The van der Waals surface area contributed by atoms with Crippen LogP contribution in [-0.2, 0) is 14.6 Å². The van der Waals surface area contributed by atoms with E-state index >= 15 is 0 Å². The van der Waals surface area contributed by atoms with Crippen molar-refractivity contribution in [3.63, 3.8) is 0 Å². The van der Waals surface area contributed by atoms with Crippen LogP contribution < -0.4 is 5.32 Å². The van der Waals surface area contributed by atoms with Gasteiger partial charge in [-0.05, 0) is 18.1 Å². The standard InChI is InChI=1S/C16H25N3O3S.HI/c1-13-6-4-5-7-14(13)15-12-19(9-10-22-15)16(17-2)18-8-11-23(3,20)21;/h4-7,15H,8-12H2,1-3H3,(H,17,18);1H. The van der Waals surface area contributed by atoms with Crippen LogP contribution in [0.1, 0.15) is 17.2 Å². The fourth-order valence-electron chi connectivity index (χ4n) is 2.66. The summed E-state index contributed by atoms with van der Waals surface area (Å²) in [6.07, 6.45) is 1.24. The molecule has 1 aromatic rings. The first-order valence-corrected chi connectivity index (χ1v) is 9.77. The Morgan fingerprint density at radius 3 is 2.75 bits per heavy atom. The molecule has 1 aromatic carbocycles. The average Bonchev–Trinajstić information content (AvgIpc) is 2.51. The van der Waals surface area contributed by atoms with Gasteiger partial charge in [0, 0.05) is 26.4 Å². The first kappa shape index (κ1) is 21.2. The molecule has 0 saturated carbocycles. The number of guanidine groups is 1. The summed E-state index contributed by atoms with van der Waals surface area (Å²) in [6.45, 7) is 4.49. The number of rotatable bonds is 4. The number of hydrogen-bond acceptors (Lipinski definition) is 4. The lowest BCUT2D eigenvalue weighted by molar-refractivity contribution is -0.00827. The minimum absolute atomic E-state index is 0. The molecule has 8 heteroatoms. The minimum atomic E-state index is -2.98. The summed E-state index contributed by atoms with van der Waals surface area (Å²) in [7, 11) is -1.27. The lowest BCUT2D eigenvalue weighted by atomic mass is 10.0. The number of aryl methyl sites for hydroxylation is 1. The normalized spacial score (nSPS) is 18.9. The Balaban J connectivity index is 0.00000288. The molecule has 1 aliphatic heterocycles. The van der Waals surface area contributed by atoms with Gasteiger partial charge in [0.15, 0.2) is 5.96 Å². The molecule has 1 N–H and O–H groups in total. The smallest absolute Gasteiger partial charge is 0.193 e. The zero-order valence-electron chi connectivity index (χ0n) is 14.4. The van der Waals surface area contributed by atoms with Crippen molar-refractivity contribution in [3.8, 4) is 0 Å². The van der Waals surface area contributed by atoms with E-state index < -0.39 is 9.84 Å². The predicted octanol–water partition coefficient (Wildman–Crippen LogP) is 1.61. The Morgan fingerprint density at radius 1 is 1.42 bits per heavy atom. The molecule has 1 atom stereocenters. The van der Waals surface area contributed by atoms with Crippen molar-refractivity contribution in [1.29, 1.82) is 0 Å². The van der Waals surface area contributed by atoms with E-state index in [-0.39, 0.29) is 35.8 Å². The number of ether oxygens (including phenoxy) is 1. The van der Waals surface area contributed by atoms with E-state index in [2.05, 4.69) is 34.3 Å². The largest absolute Gasteiger partial charge is 0.370 e. The molecule has 0 aromatic heterocycles. The molecule has 0 amide bonds. The number of nitrogens with one attached hydrogen (secondary N) is 1. The minimum Gasteiger partial charge on any atom is -0.370 e. The van der Waals surface area contributed by atoms with E-state index in [0.29, 0.717) is 19.7 Å². The zero-order valence-corrected chi connectivity index (χ0v) is 17.5. The Kier molecular flexibility index (Phi) is 8.44. The zero-order chi connectivity index (χ0) is 16.9. The highest BCUT2D eigenvalue weighted by molar-refractivity contribution is 14.0. The van der Waals surface area contributed by atoms with Gasteiger partial charge < -0.3 is 15.0 Å². The fraction of sp³-hybridized carbons (Fsp3) is 0.562. The highest BCUT2D eigenvalue weighted by atomic mass is 127. The molecular formula is C16H26IN3O3S. The van der Waals surface area contributed by atoms with Gasteiger partial charge in [0.25, 0.3) is 0 Å². The molecule has 1 heterocycles. The van der Waals surface area contributed by atoms with E-state index in [4.69, 9.17) is 4.74 Å². The summed E-state index contributed by atoms with van der Waals surface area (Å²) in [5.41, 5.74) is 2.39. The molecule has 136 valence electrons. The molecule has 2 rings (SSSR count). The molecule has 6 nitrogen and oxygen atoms in total. The number of sulfone groups is 1. The van der Waals surface area contributed by atoms with Crippen molar-refractivity contribution in [3.05, 3.63) is 35.4 Å². The summed E-state index contributed by atoms with van der Waals surface area (Å²) < 4.78 is 28.4. The maximum atomic E-state index is 11.2. The summed E-state index contributed by atoms with van der Waals surface area (Å²) in [4.78, 5) is 6.38. The third kappa shape index (κ3) is 6.21. The Morgan fingerprint density at radius 2 is 2.12 bits per heavy atom. The van der Waals surface area contributed by atoms with Gasteiger partial charge in [0.05, 0.1) is 18.9 Å². The van der Waals surface area contributed by atoms with E-state index in [1.54, 1.807) is 7.05 Å². The van der Waals surface area contributed by atoms with Gasteiger partial charge in [-0.25, -0.2) is 8.42 Å². The Hall–Kier alpha value is -0.870. The van der Waals surface area contributed by atoms with Crippen LogP contribution >= 0.6 is 24.0 Å². The number of morpholine rings is 1. The number of hydrogen-bond donors (Lipinski definition) is 1. The van der Waals surface area contributed by atoms with Gasteiger partial charge in [-0.1, -0.05) is 24.3 Å². The SMILES string of the molecule is CN=C(NCCS(C)(=O)=O)N1CCOC(c2ccccc2C)C1.I. The maximum absolute atomic E-state index is 11.2. The first-order chi connectivity index (χ1) is 10.9. The van der Waals surface area contributed by atoms with Crippen molar-refractivity contribution >= 4 is 39.8 Å². The Bertz CT molecular complexity index is 664. The predicted molar refractivity (Wildman–Crippen MR) is 108 cm³/mol. The van der Waals surface area contributed by atoms with Crippen molar-refractivity contribution in [2.45, 2.75) is 13.0 Å². The van der Waals surface area contributed by atoms with Crippen LogP contribution in [0.4, 0.5) is 0 Å². The van der Waals surface area contributed by atoms with Gasteiger partial charge in [-0.3, -0.25) is 4.99 Å². The second-order valence-corrected chi connectivity index (χ2v) is 8.03. The quantitative estimate of drug-likeness (QED) is 0.414. The highest BCUT2D eigenvalue weighted by Crippen LogP contribution is 2.24. The third-order valence-electron chi connectivity index (χ3n) is 3.87. The maximum Gasteiger partial charge on any atom is 0.193 e. The molecule has 1 aliphatic rings. The monoisotopic (exact) mass is 467 g/mol. The lowest BCUT2D eigenvalue weighted by Gasteiger charge is -2.35. The van der Waals surface area contributed by atoms with Crippen LogP contribution in [0.2, 0.25) is 0 Å². The molecule has 1 unspecified atom stereocenters. The average molecular weight is 467 g/mol. The Labute approximate surface area is 161 Å². The van der Waals surface area contributed by atoms with E-state index in [1.807, 2.05) is 12.1 Å². The van der Waals surface area contributed by atoms with Gasteiger partial charge >= 0.3 is 0 Å². The third-order valence-corrected chi connectivity index (χ3v) is 4.81. The second kappa shape index (κ2) is 9.57. The van der Waals surface area contributed by atoms with Crippen LogP contribution in [0.15, 0.2) is 29.3 Å². The number of benzene rings is 1. The first-order valence-electron chi connectivity index (χ1n) is 7.71. The van der Waals surface area contributed by atoms with Crippen molar-refractivity contribution in [2.24, 2.45) is 4.99 Å². The van der Waals surface area contributed by atoms with Gasteiger partial charge in [0.1, 0.15) is 15.9 Å². The summed E-state index contributed by atoms with van der Waals surface area (Å²) in [5, 5.41) is 3.12. The highest BCUT2D eigenvalue weighted by Gasteiger charge is 2.25. The summed E-state index contributed by atoms with van der Waals surface area (Å²) in [6, 6.07) is 8.20. The van der Waals surface area contributed by atoms with Crippen molar-refractivity contribution in [1.82, 2.24) is 10.2 Å². The molecule has 0 radical (unpaired) electrons. The van der Waals surface area contributed by atoms with Gasteiger partial charge in [0.2, 0.25) is 0 Å². The van der Waals surface area contributed by atoms with Crippen LogP contribution in [0.3, 0.4) is 0 Å². The molecule has 1 saturated heterocycles. The fourth-order valence-corrected chi connectivity index (χ4v) is 3.13. The van der Waals surface area contributed by atoms with Crippen LogP contribution in [-0.4, -0.2) is 64.6 Å². The molecule has 0 spiro atoms. The van der Waals surface area contributed by atoms with Crippen LogP contribution in [0.5, 0.6) is 0 Å². The van der Waals surface area contributed by atoms with Crippen molar-refractivity contribution < 1.29 is 13.2 Å². The van der Waals surface area contributed by atoms with E-state index in [9.17, 15) is 8.42 Å². The van der Waals surface area contributed by atoms with Crippen LogP contribution in [0, 0.1) is 6.92 Å². The topological polar surface area (TPSA) is 71.0 Å². The number of aliphatic imine (C=N–C) groups is 1. The summed E-state index contributed by atoms with van der Waals surface area (Å²) >= 11 is 0. The van der Waals surface area contributed by atoms with Crippen LogP contribution in [0.25, 0.3) is 0 Å². The molecule has 1 fully saturated rings. The second-order valence-electron chi connectivity index (χ2n) is 5.77. The van der Waals surface area contributed by atoms with Crippen molar-refractivity contribution in [2.75, 3.05) is 45.3 Å². The summed E-state index contributed by atoms with van der Waals surface area (Å²) in [5.74, 6) is 0.813. The molecule has 0 aliphatic carbocycles.